The van der Waals surface area contributed by atoms with Crippen LogP contribution in [0.15, 0.2) is 48.5 Å². The molecule has 0 radical (unpaired) electrons. The zero-order valence-electron chi connectivity index (χ0n) is 16.8. The van der Waals surface area contributed by atoms with Crippen LogP contribution < -0.4 is 5.32 Å². The van der Waals surface area contributed by atoms with Gasteiger partial charge in [-0.15, -0.1) is 0 Å². The third kappa shape index (κ3) is 5.95. The van der Waals surface area contributed by atoms with Crippen LogP contribution in [0.5, 0.6) is 0 Å². The Hall–Kier alpha value is -2.62. The van der Waals surface area contributed by atoms with Crippen LogP contribution in [0.4, 0.5) is 0 Å². The number of aryl methyl sites for hydroxylation is 2. The summed E-state index contributed by atoms with van der Waals surface area (Å²) in [5.41, 5.74) is 4.30. The summed E-state index contributed by atoms with van der Waals surface area (Å²) in [6.07, 6.45) is 0.876. The summed E-state index contributed by atoms with van der Waals surface area (Å²) >= 11 is 0. The number of rotatable bonds is 8. The zero-order valence-corrected chi connectivity index (χ0v) is 16.8. The van der Waals surface area contributed by atoms with Crippen molar-refractivity contribution in [3.8, 4) is 0 Å². The van der Waals surface area contributed by atoms with E-state index in [9.17, 15) is 9.59 Å². The van der Waals surface area contributed by atoms with Gasteiger partial charge >= 0.3 is 0 Å². The Bertz CT molecular complexity index is 768. The standard InChI is InChI=1S/C23H30N2O2/c1-5-21(23(27)24-6-2)25(16-19-12-10-17(3)11-13-19)22(26)15-20-9-7-8-18(4)14-20/h7-14,21H,5-6,15-16H2,1-4H3,(H,24,27)/t21-/m0/s1. The van der Waals surface area contributed by atoms with Crippen LogP contribution in [0.2, 0.25) is 0 Å². The van der Waals surface area contributed by atoms with Crippen molar-refractivity contribution in [2.45, 2.75) is 53.1 Å². The number of carbonyl (C=O) groups is 2. The summed E-state index contributed by atoms with van der Waals surface area (Å²) < 4.78 is 0. The lowest BCUT2D eigenvalue weighted by molar-refractivity contribution is -0.140. The highest BCUT2D eigenvalue weighted by Crippen LogP contribution is 2.16. The average molecular weight is 367 g/mol. The van der Waals surface area contributed by atoms with E-state index in [1.165, 1.54) is 5.56 Å². The summed E-state index contributed by atoms with van der Waals surface area (Å²) in [6, 6.07) is 15.6. The van der Waals surface area contributed by atoms with Gasteiger partial charge in [0.2, 0.25) is 11.8 Å². The minimum Gasteiger partial charge on any atom is -0.355 e. The molecule has 2 aromatic rings. The first-order valence-electron chi connectivity index (χ1n) is 9.62. The van der Waals surface area contributed by atoms with Crippen molar-refractivity contribution in [3.05, 3.63) is 70.8 Å². The normalized spacial score (nSPS) is 11.7. The van der Waals surface area contributed by atoms with E-state index >= 15 is 0 Å². The summed E-state index contributed by atoms with van der Waals surface area (Å²) in [5.74, 6) is -0.121. The summed E-state index contributed by atoms with van der Waals surface area (Å²) in [7, 11) is 0. The number of amides is 2. The van der Waals surface area contributed by atoms with E-state index in [0.29, 0.717) is 25.9 Å². The SMILES string of the molecule is CCNC(=O)[C@H](CC)N(Cc1ccc(C)cc1)C(=O)Cc1cccc(C)c1. The van der Waals surface area contributed by atoms with Crippen molar-refractivity contribution in [1.82, 2.24) is 10.2 Å². The van der Waals surface area contributed by atoms with Gasteiger partial charge in [-0.2, -0.15) is 0 Å². The zero-order chi connectivity index (χ0) is 19.8. The van der Waals surface area contributed by atoms with E-state index in [1.54, 1.807) is 4.90 Å². The topological polar surface area (TPSA) is 49.4 Å². The highest BCUT2D eigenvalue weighted by Gasteiger charge is 2.28. The summed E-state index contributed by atoms with van der Waals surface area (Å²) in [6.45, 7) is 8.88. The van der Waals surface area contributed by atoms with Crippen molar-refractivity contribution in [2.75, 3.05) is 6.54 Å². The van der Waals surface area contributed by atoms with E-state index in [4.69, 9.17) is 0 Å². The summed E-state index contributed by atoms with van der Waals surface area (Å²) in [4.78, 5) is 27.4. The molecule has 1 atom stereocenters. The van der Waals surface area contributed by atoms with Crippen molar-refractivity contribution in [1.29, 1.82) is 0 Å². The second kappa shape index (κ2) is 9.91. The number of likely N-dealkylation sites (N-methyl/N-ethyl adjacent to an activating group) is 1. The Morgan fingerprint density at radius 3 is 2.26 bits per heavy atom. The highest BCUT2D eigenvalue weighted by molar-refractivity contribution is 5.88. The molecule has 2 aromatic carbocycles. The van der Waals surface area contributed by atoms with E-state index in [-0.39, 0.29) is 11.8 Å². The third-order valence-corrected chi connectivity index (χ3v) is 4.65. The van der Waals surface area contributed by atoms with E-state index in [0.717, 1.165) is 16.7 Å². The quantitative estimate of drug-likeness (QED) is 0.773. The molecule has 27 heavy (non-hydrogen) atoms. The number of hydrogen-bond donors (Lipinski definition) is 1. The van der Waals surface area contributed by atoms with Crippen LogP contribution in [0, 0.1) is 13.8 Å². The molecule has 4 heteroatoms. The van der Waals surface area contributed by atoms with Gasteiger partial charge in [0.05, 0.1) is 6.42 Å². The Kier molecular flexibility index (Phi) is 7.59. The fourth-order valence-corrected chi connectivity index (χ4v) is 3.20. The molecule has 0 aromatic heterocycles. The third-order valence-electron chi connectivity index (χ3n) is 4.65. The highest BCUT2D eigenvalue weighted by atomic mass is 16.2. The van der Waals surface area contributed by atoms with Gasteiger partial charge in [-0.3, -0.25) is 9.59 Å². The molecule has 0 heterocycles. The van der Waals surface area contributed by atoms with Gasteiger partial charge < -0.3 is 10.2 Å². The second-order valence-corrected chi connectivity index (χ2v) is 6.99. The van der Waals surface area contributed by atoms with Crippen LogP contribution in [-0.2, 0) is 22.6 Å². The molecule has 0 aliphatic heterocycles. The molecule has 0 fully saturated rings. The van der Waals surface area contributed by atoms with Gasteiger partial charge in [0.1, 0.15) is 6.04 Å². The maximum Gasteiger partial charge on any atom is 0.242 e. The maximum atomic E-state index is 13.2. The minimum atomic E-state index is -0.469. The molecule has 4 nitrogen and oxygen atoms in total. The first kappa shape index (κ1) is 20.7. The Balaban J connectivity index is 2.27. The smallest absolute Gasteiger partial charge is 0.242 e. The van der Waals surface area contributed by atoms with Crippen molar-refractivity contribution < 1.29 is 9.59 Å². The van der Waals surface area contributed by atoms with Crippen molar-refractivity contribution >= 4 is 11.8 Å². The monoisotopic (exact) mass is 366 g/mol. The van der Waals surface area contributed by atoms with Gasteiger partial charge in [0.25, 0.3) is 0 Å². The minimum absolute atomic E-state index is 0.0284. The van der Waals surface area contributed by atoms with Gasteiger partial charge in [0.15, 0.2) is 0 Å². The van der Waals surface area contributed by atoms with Gasteiger partial charge in [-0.25, -0.2) is 0 Å². The van der Waals surface area contributed by atoms with Gasteiger partial charge in [0, 0.05) is 13.1 Å². The fraction of sp³-hybridized carbons (Fsp3) is 0.391. The molecule has 0 saturated heterocycles. The van der Waals surface area contributed by atoms with Crippen LogP contribution in [0.25, 0.3) is 0 Å². The predicted molar refractivity (Wildman–Crippen MR) is 109 cm³/mol. The molecule has 2 amide bonds. The molecule has 0 aliphatic carbocycles. The first-order valence-corrected chi connectivity index (χ1v) is 9.62. The van der Waals surface area contributed by atoms with E-state index < -0.39 is 6.04 Å². The van der Waals surface area contributed by atoms with E-state index in [2.05, 4.69) is 5.32 Å². The molecule has 0 bridgehead atoms. The number of carbonyl (C=O) groups excluding carboxylic acids is 2. The average Bonchev–Trinajstić information content (AvgIpc) is 2.63. The lowest BCUT2D eigenvalue weighted by atomic mass is 10.0. The van der Waals surface area contributed by atoms with Crippen LogP contribution in [0.1, 0.15) is 42.5 Å². The van der Waals surface area contributed by atoms with Crippen LogP contribution in [-0.4, -0.2) is 29.3 Å². The molecule has 0 saturated carbocycles. The Labute approximate surface area is 162 Å². The molecule has 2 rings (SSSR count). The second-order valence-electron chi connectivity index (χ2n) is 6.99. The Morgan fingerprint density at radius 2 is 1.67 bits per heavy atom. The fourth-order valence-electron chi connectivity index (χ4n) is 3.20. The van der Waals surface area contributed by atoms with E-state index in [1.807, 2.05) is 76.2 Å². The molecular weight excluding hydrogens is 336 g/mol. The summed E-state index contributed by atoms with van der Waals surface area (Å²) in [5, 5.41) is 2.87. The van der Waals surface area contributed by atoms with Crippen molar-refractivity contribution in [3.63, 3.8) is 0 Å². The molecular formula is C23H30N2O2. The number of benzene rings is 2. The Morgan fingerprint density at radius 1 is 0.963 bits per heavy atom. The predicted octanol–water partition coefficient (Wildman–Crippen LogP) is 3.79. The first-order chi connectivity index (χ1) is 12.9. The molecule has 0 spiro atoms. The largest absolute Gasteiger partial charge is 0.355 e. The maximum absolute atomic E-state index is 13.2. The van der Waals surface area contributed by atoms with Crippen LogP contribution >= 0.6 is 0 Å². The van der Waals surface area contributed by atoms with Gasteiger partial charge in [-0.1, -0.05) is 66.6 Å². The lowest BCUT2D eigenvalue weighted by Gasteiger charge is -2.30. The molecule has 1 N–H and O–H groups in total. The number of nitrogens with one attached hydrogen (secondary N) is 1. The molecule has 0 unspecified atom stereocenters. The van der Waals surface area contributed by atoms with Crippen LogP contribution in [0.3, 0.4) is 0 Å². The van der Waals surface area contributed by atoms with Gasteiger partial charge in [-0.05, 0) is 38.3 Å². The lowest BCUT2D eigenvalue weighted by Crippen LogP contribution is -2.49. The van der Waals surface area contributed by atoms with Crippen molar-refractivity contribution in [2.24, 2.45) is 0 Å². The number of nitrogens with zero attached hydrogens (tertiary/aromatic N) is 1. The number of hydrogen-bond acceptors (Lipinski definition) is 2. The molecule has 0 aliphatic rings. The molecule has 144 valence electrons.